The summed E-state index contributed by atoms with van der Waals surface area (Å²) < 4.78 is 0. The number of carbonyl (C=O) groups excluding carboxylic acids is 3. The number of carboxylic acid groups (broad SMARTS) is 1. The van der Waals surface area contributed by atoms with Crippen LogP contribution in [0.4, 0.5) is 0 Å². The maximum absolute atomic E-state index is 13.2. The van der Waals surface area contributed by atoms with E-state index in [-0.39, 0.29) is 37.7 Å². The summed E-state index contributed by atoms with van der Waals surface area (Å²) in [5.41, 5.74) is 17.0. The molecule has 1 rings (SSSR count). The van der Waals surface area contributed by atoms with Gasteiger partial charge in [0.1, 0.15) is 18.1 Å². The number of aliphatic imine (C=N–C) groups is 1. The third-order valence-corrected chi connectivity index (χ3v) is 5.23. The fourth-order valence-corrected chi connectivity index (χ4v) is 3.37. The predicted molar refractivity (Wildman–Crippen MR) is 137 cm³/mol. The van der Waals surface area contributed by atoms with Crippen LogP contribution in [0, 0.1) is 5.92 Å². The maximum atomic E-state index is 13.2. The quantitative estimate of drug-likeness (QED) is 0.0908. The first kappa shape index (κ1) is 30.4. The van der Waals surface area contributed by atoms with Crippen molar-refractivity contribution in [3.05, 3.63) is 35.9 Å². The first-order chi connectivity index (χ1) is 16.9. The Kier molecular flexibility index (Phi) is 12.9. The monoisotopic (exact) mass is 505 g/mol. The van der Waals surface area contributed by atoms with E-state index in [1.54, 1.807) is 0 Å². The van der Waals surface area contributed by atoms with Gasteiger partial charge in [0.2, 0.25) is 17.7 Å². The molecule has 0 saturated carbocycles. The van der Waals surface area contributed by atoms with Crippen molar-refractivity contribution < 1.29 is 24.3 Å². The number of rotatable bonds is 15. The Labute approximate surface area is 211 Å². The molecule has 12 nitrogen and oxygen atoms in total. The molecule has 36 heavy (non-hydrogen) atoms. The molecule has 200 valence electrons. The van der Waals surface area contributed by atoms with Crippen molar-refractivity contribution in [3.63, 3.8) is 0 Å². The average molecular weight is 506 g/mol. The van der Waals surface area contributed by atoms with E-state index in [0.717, 1.165) is 5.56 Å². The minimum Gasteiger partial charge on any atom is -0.480 e. The van der Waals surface area contributed by atoms with Gasteiger partial charge in [-0.1, -0.05) is 44.2 Å². The number of guanidine groups is 1. The van der Waals surface area contributed by atoms with E-state index in [1.165, 1.54) is 6.92 Å². The van der Waals surface area contributed by atoms with Gasteiger partial charge < -0.3 is 38.3 Å². The molecular formula is C24H39N7O5. The average Bonchev–Trinajstić information content (AvgIpc) is 2.79. The zero-order chi connectivity index (χ0) is 27.3. The van der Waals surface area contributed by atoms with Crippen LogP contribution in [0.2, 0.25) is 0 Å². The second kappa shape index (κ2) is 15.4. The summed E-state index contributed by atoms with van der Waals surface area (Å²) in [6, 6.07) is 5.08. The van der Waals surface area contributed by atoms with Crippen LogP contribution in [-0.2, 0) is 25.6 Å². The van der Waals surface area contributed by atoms with Gasteiger partial charge in [0.15, 0.2) is 5.96 Å². The fourth-order valence-electron chi connectivity index (χ4n) is 3.37. The highest BCUT2D eigenvalue weighted by Crippen LogP contribution is 2.09. The van der Waals surface area contributed by atoms with Crippen LogP contribution >= 0.6 is 0 Å². The fraction of sp³-hybridized carbons (Fsp3) is 0.542. The molecule has 0 aromatic heterocycles. The Morgan fingerprint density at radius 1 is 0.889 bits per heavy atom. The Hall–Kier alpha value is -3.67. The molecule has 0 aliphatic carbocycles. The largest absolute Gasteiger partial charge is 0.480 e. The van der Waals surface area contributed by atoms with Crippen LogP contribution in [0.3, 0.4) is 0 Å². The van der Waals surface area contributed by atoms with Crippen molar-refractivity contribution in [3.8, 4) is 0 Å². The molecule has 0 spiro atoms. The Morgan fingerprint density at radius 2 is 1.44 bits per heavy atom. The van der Waals surface area contributed by atoms with E-state index in [9.17, 15) is 24.3 Å². The van der Waals surface area contributed by atoms with Gasteiger partial charge in [-0.05, 0) is 37.7 Å². The van der Waals surface area contributed by atoms with Gasteiger partial charge in [0.25, 0.3) is 0 Å². The second-order valence-corrected chi connectivity index (χ2v) is 9.08. The highest BCUT2D eigenvalue weighted by atomic mass is 16.4. The summed E-state index contributed by atoms with van der Waals surface area (Å²) in [4.78, 5) is 53.9. The zero-order valence-corrected chi connectivity index (χ0v) is 21.1. The number of nitrogens with zero attached hydrogens (tertiary/aromatic N) is 1. The molecule has 3 amide bonds. The lowest BCUT2D eigenvalue weighted by atomic mass is 10.0. The van der Waals surface area contributed by atoms with Gasteiger partial charge >= 0.3 is 5.97 Å². The van der Waals surface area contributed by atoms with Crippen molar-refractivity contribution in [2.75, 3.05) is 6.54 Å². The molecule has 0 saturated heterocycles. The molecular weight excluding hydrogens is 466 g/mol. The van der Waals surface area contributed by atoms with Crippen molar-refractivity contribution in [2.45, 2.75) is 70.6 Å². The Bertz CT molecular complexity index is 901. The smallest absolute Gasteiger partial charge is 0.326 e. The van der Waals surface area contributed by atoms with Crippen LogP contribution in [0.1, 0.15) is 45.6 Å². The number of hydrogen-bond donors (Lipinski definition) is 7. The third-order valence-electron chi connectivity index (χ3n) is 5.23. The van der Waals surface area contributed by atoms with Gasteiger partial charge in [0, 0.05) is 13.0 Å². The van der Waals surface area contributed by atoms with E-state index in [4.69, 9.17) is 17.2 Å². The van der Waals surface area contributed by atoms with Crippen molar-refractivity contribution in [1.29, 1.82) is 0 Å². The molecule has 0 heterocycles. The molecule has 0 bridgehead atoms. The number of nitrogens with one attached hydrogen (secondary N) is 3. The zero-order valence-electron chi connectivity index (χ0n) is 21.1. The maximum Gasteiger partial charge on any atom is 0.326 e. The van der Waals surface area contributed by atoms with Gasteiger partial charge in [0.05, 0.1) is 6.04 Å². The number of carboxylic acids is 1. The van der Waals surface area contributed by atoms with E-state index in [0.29, 0.717) is 6.42 Å². The van der Waals surface area contributed by atoms with E-state index < -0.39 is 47.9 Å². The number of nitrogens with two attached hydrogens (primary N) is 3. The first-order valence-electron chi connectivity index (χ1n) is 11.9. The number of amides is 3. The van der Waals surface area contributed by atoms with Crippen molar-refractivity contribution in [2.24, 2.45) is 28.1 Å². The summed E-state index contributed by atoms with van der Waals surface area (Å²) in [7, 11) is 0. The highest BCUT2D eigenvalue weighted by molar-refractivity contribution is 5.94. The van der Waals surface area contributed by atoms with E-state index in [2.05, 4.69) is 20.9 Å². The number of benzene rings is 1. The summed E-state index contributed by atoms with van der Waals surface area (Å²) >= 11 is 0. The molecule has 1 aromatic carbocycles. The predicted octanol–water partition coefficient (Wildman–Crippen LogP) is -0.785. The SMILES string of the molecule is CC(C)CC(NC(=O)C(Cc1ccccc1)NC(=O)C(C)N)C(=O)NC(CCCN=C(N)N)C(=O)O. The molecule has 1 aromatic rings. The number of hydrogen-bond acceptors (Lipinski definition) is 6. The van der Waals surface area contributed by atoms with Crippen molar-refractivity contribution >= 4 is 29.7 Å². The molecule has 0 fully saturated rings. The standard InChI is InChI=1S/C24H39N7O5/c1-14(2)12-18(21(33)29-17(23(35)36)10-7-11-28-24(26)27)31-22(34)19(30-20(32)15(3)25)13-16-8-5-4-6-9-16/h4-6,8-9,14-15,17-19H,7,10-13,25H2,1-3H3,(H,29,33)(H,30,32)(H,31,34)(H,35,36)(H4,26,27,28). The Balaban J connectivity index is 2.99. The Morgan fingerprint density at radius 3 is 1.97 bits per heavy atom. The highest BCUT2D eigenvalue weighted by Gasteiger charge is 2.30. The number of carbonyl (C=O) groups is 4. The summed E-state index contributed by atoms with van der Waals surface area (Å²) in [6.07, 6.45) is 0.876. The topological polar surface area (TPSA) is 215 Å². The summed E-state index contributed by atoms with van der Waals surface area (Å²) in [5.74, 6) is -3.03. The van der Waals surface area contributed by atoms with Gasteiger partial charge in [-0.15, -0.1) is 0 Å². The molecule has 12 heteroatoms. The minimum atomic E-state index is -1.21. The van der Waals surface area contributed by atoms with Gasteiger partial charge in [-0.2, -0.15) is 0 Å². The molecule has 4 unspecified atom stereocenters. The summed E-state index contributed by atoms with van der Waals surface area (Å²) in [5, 5.41) is 17.3. The first-order valence-corrected chi connectivity index (χ1v) is 11.9. The lowest BCUT2D eigenvalue weighted by molar-refractivity contribution is -0.142. The molecule has 0 radical (unpaired) electrons. The van der Waals surface area contributed by atoms with E-state index in [1.807, 2.05) is 44.2 Å². The number of aliphatic carboxylic acids is 1. The van der Waals surface area contributed by atoms with Crippen LogP contribution in [0.5, 0.6) is 0 Å². The van der Waals surface area contributed by atoms with Crippen molar-refractivity contribution in [1.82, 2.24) is 16.0 Å². The lowest BCUT2D eigenvalue weighted by Crippen LogP contribution is -2.57. The van der Waals surface area contributed by atoms with Gasteiger partial charge in [-0.25, -0.2) is 4.79 Å². The second-order valence-electron chi connectivity index (χ2n) is 9.08. The van der Waals surface area contributed by atoms with Crippen LogP contribution in [0.25, 0.3) is 0 Å². The van der Waals surface area contributed by atoms with E-state index >= 15 is 0 Å². The van der Waals surface area contributed by atoms with Gasteiger partial charge in [-0.3, -0.25) is 19.4 Å². The van der Waals surface area contributed by atoms with Crippen LogP contribution in [0.15, 0.2) is 35.3 Å². The molecule has 4 atom stereocenters. The third kappa shape index (κ3) is 11.6. The molecule has 0 aliphatic heterocycles. The normalized spacial score (nSPS) is 14.1. The molecule has 10 N–H and O–H groups in total. The summed E-state index contributed by atoms with van der Waals surface area (Å²) in [6.45, 7) is 5.46. The van der Waals surface area contributed by atoms with Crippen LogP contribution in [-0.4, -0.2) is 65.5 Å². The lowest BCUT2D eigenvalue weighted by Gasteiger charge is -2.26. The molecule has 0 aliphatic rings. The van der Waals surface area contributed by atoms with Crippen LogP contribution < -0.4 is 33.2 Å². The minimum absolute atomic E-state index is 0.0115.